The molecule has 1 unspecified atom stereocenters. The molecule has 0 radical (unpaired) electrons. The predicted molar refractivity (Wildman–Crippen MR) is 279 cm³/mol. The summed E-state index contributed by atoms with van der Waals surface area (Å²) >= 11 is 0. The molecule has 0 amide bonds. The van der Waals surface area contributed by atoms with Gasteiger partial charge in [0.2, 0.25) is 0 Å². The van der Waals surface area contributed by atoms with Gasteiger partial charge in [-0.25, -0.2) is 0 Å². The van der Waals surface area contributed by atoms with Gasteiger partial charge in [0.05, 0.1) is 16.8 Å². The first-order valence-corrected chi connectivity index (χ1v) is 23.2. The first-order chi connectivity index (χ1) is 33.3. The van der Waals surface area contributed by atoms with Crippen molar-refractivity contribution >= 4 is 49.8 Å². The molecule has 1 aromatic heterocycles. The van der Waals surface area contributed by atoms with Gasteiger partial charge in [-0.15, -0.1) is 0 Å². The summed E-state index contributed by atoms with van der Waals surface area (Å²) in [6, 6.07) is 91.3. The third-order valence-electron chi connectivity index (χ3n) is 14.5. The Hall–Kier alpha value is -8.72. The van der Waals surface area contributed by atoms with E-state index in [-0.39, 0.29) is 0 Å². The van der Waals surface area contributed by atoms with Crippen LogP contribution in [0.2, 0.25) is 0 Å². The van der Waals surface area contributed by atoms with E-state index in [2.05, 4.69) is 254 Å². The Morgan fingerprint density at radius 1 is 0.328 bits per heavy atom. The quantitative estimate of drug-likeness (QED) is 0.166. The molecule has 1 spiro atoms. The van der Waals surface area contributed by atoms with Gasteiger partial charge in [-0.05, 0) is 109 Å². The SMILES string of the molecule is c1ccc(-c2ccc(N(c3ccccc3-c3cc4ccccc4c4oc5ccccc5c34)c3cccc4c3-c3ccccc3C43c4ccccc4-c4c(-c5ccccc5)cccc43)cc2)cc1. The van der Waals surface area contributed by atoms with Crippen LogP contribution < -0.4 is 4.90 Å². The molecule has 67 heavy (non-hydrogen) atoms. The lowest BCUT2D eigenvalue weighted by molar-refractivity contribution is 0.673. The molecule has 312 valence electrons. The molecule has 2 heteroatoms. The molecule has 12 aromatic rings. The van der Waals surface area contributed by atoms with Gasteiger partial charge in [-0.1, -0.05) is 212 Å². The second-order valence-electron chi connectivity index (χ2n) is 17.8. The van der Waals surface area contributed by atoms with Crippen LogP contribution in [0.5, 0.6) is 0 Å². The molecule has 0 saturated carbocycles. The summed E-state index contributed by atoms with van der Waals surface area (Å²) in [5.41, 5.74) is 22.0. The lowest BCUT2D eigenvalue weighted by Gasteiger charge is -2.32. The Morgan fingerprint density at radius 3 is 1.61 bits per heavy atom. The van der Waals surface area contributed by atoms with Crippen LogP contribution in [-0.2, 0) is 5.41 Å². The highest BCUT2D eigenvalue weighted by atomic mass is 16.3. The maximum atomic E-state index is 6.79. The van der Waals surface area contributed by atoms with E-state index in [4.69, 9.17) is 4.42 Å². The lowest BCUT2D eigenvalue weighted by atomic mass is 9.70. The van der Waals surface area contributed by atoms with E-state index in [1.165, 1.54) is 66.8 Å². The van der Waals surface area contributed by atoms with Crippen molar-refractivity contribution in [2.75, 3.05) is 4.90 Å². The Kier molecular flexibility index (Phi) is 8.23. The smallest absolute Gasteiger partial charge is 0.143 e. The number of fused-ring (bicyclic) bond motifs is 15. The minimum Gasteiger partial charge on any atom is -0.455 e. The number of benzene rings is 11. The van der Waals surface area contributed by atoms with Gasteiger partial charge < -0.3 is 9.32 Å². The van der Waals surface area contributed by atoms with E-state index < -0.39 is 5.41 Å². The predicted octanol–water partition coefficient (Wildman–Crippen LogP) is 17.6. The van der Waals surface area contributed by atoms with Crippen molar-refractivity contribution in [2.45, 2.75) is 5.41 Å². The van der Waals surface area contributed by atoms with Gasteiger partial charge in [0.1, 0.15) is 11.2 Å². The van der Waals surface area contributed by atoms with Crippen molar-refractivity contribution < 1.29 is 4.42 Å². The fourth-order valence-corrected chi connectivity index (χ4v) is 11.8. The van der Waals surface area contributed by atoms with E-state index in [0.29, 0.717) is 0 Å². The highest BCUT2D eigenvalue weighted by Crippen LogP contribution is 2.66. The van der Waals surface area contributed by atoms with Crippen LogP contribution in [0, 0.1) is 0 Å². The van der Waals surface area contributed by atoms with Crippen molar-refractivity contribution in [3.63, 3.8) is 0 Å². The molecule has 1 heterocycles. The van der Waals surface area contributed by atoms with Crippen molar-refractivity contribution in [3.05, 3.63) is 271 Å². The number of hydrogen-bond donors (Lipinski definition) is 0. The average Bonchev–Trinajstić information content (AvgIpc) is 4.05. The number of para-hydroxylation sites is 2. The molecule has 11 aromatic carbocycles. The van der Waals surface area contributed by atoms with Crippen LogP contribution in [0.4, 0.5) is 17.1 Å². The van der Waals surface area contributed by atoms with E-state index in [9.17, 15) is 0 Å². The zero-order chi connectivity index (χ0) is 44.1. The minimum absolute atomic E-state index is 0.540. The topological polar surface area (TPSA) is 16.4 Å². The molecule has 1 atom stereocenters. The molecule has 2 aliphatic rings. The fraction of sp³-hybridized carbons (Fsp3) is 0.0154. The van der Waals surface area contributed by atoms with E-state index in [1.54, 1.807) is 0 Å². The molecule has 14 rings (SSSR count). The summed E-state index contributed by atoms with van der Waals surface area (Å²) < 4.78 is 6.79. The lowest BCUT2D eigenvalue weighted by Crippen LogP contribution is -2.26. The van der Waals surface area contributed by atoms with Crippen molar-refractivity contribution in [1.29, 1.82) is 0 Å². The molecule has 0 bridgehead atoms. The van der Waals surface area contributed by atoms with Crippen LogP contribution in [-0.4, -0.2) is 0 Å². The first-order valence-electron chi connectivity index (χ1n) is 23.2. The zero-order valence-electron chi connectivity index (χ0n) is 36.5. The van der Waals surface area contributed by atoms with Gasteiger partial charge in [-0.3, -0.25) is 0 Å². The number of rotatable bonds is 6. The Morgan fingerprint density at radius 2 is 0.851 bits per heavy atom. The van der Waals surface area contributed by atoms with E-state index in [0.717, 1.165) is 60.9 Å². The summed E-state index contributed by atoms with van der Waals surface area (Å²) in [6.07, 6.45) is 0. The second kappa shape index (κ2) is 14.7. The molecule has 2 nitrogen and oxygen atoms in total. The van der Waals surface area contributed by atoms with Crippen molar-refractivity contribution in [3.8, 4) is 55.6 Å². The van der Waals surface area contributed by atoms with Crippen LogP contribution in [0.1, 0.15) is 22.3 Å². The van der Waals surface area contributed by atoms with Crippen LogP contribution in [0.15, 0.2) is 253 Å². The molecule has 0 N–H and O–H groups in total. The summed E-state index contributed by atoms with van der Waals surface area (Å²) in [5, 5.41) is 4.48. The van der Waals surface area contributed by atoms with E-state index in [1.807, 2.05) is 0 Å². The zero-order valence-corrected chi connectivity index (χ0v) is 36.5. The Balaban J connectivity index is 1.07. The fourth-order valence-electron chi connectivity index (χ4n) is 11.8. The van der Waals surface area contributed by atoms with Crippen LogP contribution in [0.25, 0.3) is 88.3 Å². The van der Waals surface area contributed by atoms with Gasteiger partial charge in [0.25, 0.3) is 0 Å². The first kappa shape index (κ1) is 37.6. The molecule has 0 fully saturated rings. The maximum Gasteiger partial charge on any atom is 0.143 e. The summed E-state index contributed by atoms with van der Waals surface area (Å²) in [5.74, 6) is 0. The number of hydrogen-bond acceptors (Lipinski definition) is 2. The monoisotopic (exact) mass is 851 g/mol. The Bertz CT molecular complexity index is 3920. The number of anilines is 3. The molecule has 0 saturated heterocycles. The number of nitrogens with zero attached hydrogens (tertiary/aromatic N) is 1. The highest BCUT2D eigenvalue weighted by molar-refractivity contribution is 6.22. The largest absolute Gasteiger partial charge is 0.455 e. The van der Waals surface area contributed by atoms with Gasteiger partial charge in [0.15, 0.2) is 0 Å². The van der Waals surface area contributed by atoms with Gasteiger partial charge in [-0.2, -0.15) is 0 Å². The molecular formula is C65H41NO. The van der Waals surface area contributed by atoms with E-state index >= 15 is 0 Å². The third-order valence-corrected chi connectivity index (χ3v) is 14.5. The standard InChI is InChI=1S/C65H41NO/c1-3-19-42(20-4-1)43-37-39-46(40-38-43)66(58-34-15-11-25-49(58)53-41-45-23-7-8-24-48(45)64-62(53)52-28-12-16-36-60(52)67-64)59-35-18-33-57-63(59)51-27-10-14-31-55(51)65(57)54-30-13-9-26-50(54)61-47(29-17-32-56(61)65)44-21-5-2-6-22-44/h1-41H. The van der Waals surface area contributed by atoms with Crippen molar-refractivity contribution in [2.24, 2.45) is 0 Å². The van der Waals surface area contributed by atoms with Crippen molar-refractivity contribution in [1.82, 2.24) is 0 Å². The Labute approximate surface area is 389 Å². The van der Waals surface area contributed by atoms with Gasteiger partial charge >= 0.3 is 0 Å². The average molecular weight is 852 g/mol. The third kappa shape index (κ3) is 5.39. The van der Waals surface area contributed by atoms with Crippen LogP contribution in [0.3, 0.4) is 0 Å². The highest BCUT2D eigenvalue weighted by Gasteiger charge is 2.53. The van der Waals surface area contributed by atoms with Crippen LogP contribution >= 0.6 is 0 Å². The van der Waals surface area contributed by atoms with Gasteiger partial charge in [0, 0.05) is 33.0 Å². The summed E-state index contributed by atoms with van der Waals surface area (Å²) in [6.45, 7) is 0. The maximum absolute atomic E-state index is 6.79. The second-order valence-corrected chi connectivity index (χ2v) is 17.8. The summed E-state index contributed by atoms with van der Waals surface area (Å²) in [4.78, 5) is 2.52. The molecular weight excluding hydrogens is 811 g/mol. The normalized spacial score (nSPS) is 14.3. The summed E-state index contributed by atoms with van der Waals surface area (Å²) in [7, 11) is 0. The molecule has 0 aliphatic heterocycles. The minimum atomic E-state index is -0.540. The molecule has 2 aliphatic carbocycles. The number of furan rings is 1.